The van der Waals surface area contributed by atoms with Crippen molar-refractivity contribution in [3.05, 3.63) is 36.7 Å². The van der Waals surface area contributed by atoms with Crippen molar-refractivity contribution in [2.45, 2.75) is 17.3 Å². The molecule has 7 nitrogen and oxygen atoms in total. The molecule has 0 amide bonds. The van der Waals surface area contributed by atoms with Crippen LogP contribution in [0.2, 0.25) is 0 Å². The molecule has 0 aliphatic heterocycles. The summed E-state index contributed by atoms with van der Waals surface area (Å²) in [4.78, 5) is 7.57. The molecule has 2 rings (SSSR count). The third-order valence-corrected chi connectivity index (χ3v) is 5.69. The van der Waals surface area contributed by atoms with Crippen molar-refractivity contribution in [3.8, 4) is 17.1 Å². The summed E-state index contributed by atoms with van der Waals surface area (Å²) < 4.78 is 86.7. The summed E-state index contributed by atoms with van der Waals surface area (Å²) in [5.41, 5.74) is -5.55. The maximum atomic E-state index is 12.3. The lowest BCUT2D eigenvalue weighted by molar-refractivity contribution is -0.0500. The van der Waals surface area contributed by atoms with Gasteiger partial charge in [0.1, 0.15) is 5.69 Å². The summed E-state index contributed by atoms with van der Waals surface area (Å²) in [6.45, 7) is 1.44. The number of pyridine rings is 2. The quantitative estimate of drug-likeness (QED) is 0.564. The van der Waals surface area contributed by atoms with Gasteiger partial charge >= 0.3 is 15.6 Å². The Morgan fingerprint density at radius 2 is 1.76 bits per heavy atom. The Labute approximate surface area is 141 Å². The van der Waals surface area contributed by atoms with E-state index in [9.17, 15) is 30.0 Å². The Hall–Kier alpha value is -2.21. The lowest BCUT2D eigenvalue weighted by atomic mass is 10.2. The molecule has 0 fully saturated rings. The van der Waals surface area contributed by atoms with Crippen LogP contribution in [0, 0.1) is 0 Å². The molecule has 0 bridgehead atoms. The van der Waals surface area contributed by atoms with Gasteiger partial charge in [-0.05, 0) is 24.3 Å². The van der Waals surface area contributed by atoms with Crippen molar-refractivity contribution in [1.29, 1.82) is 0 Å². The first-order valence-electron chi connectivity index (χ1n) is 6.63. The third-order valence-electron chi connectivity index (χ3n) is 2.95. The molecule has 0 aliphatic rings. The fraction of sp³-hybridized carbons (Fsp3) is 0.231. The highest BCUT2D eigenvalue weighted by atomic mass is 32.2. The van der Waals surface area contributed by atoms with Crippen LogP contribution >= 0.6 is 0 Å². The molecule has 0 saturated carbocycles. The van der Waals surface area contributed by atoms with E-state index in [1.165, 1.54) is 25.3 Å². The van der Waals surface area contributed by atoms with Gasteiger partial charge in [-0.3, -0.25) is 9.97 Å². The number of nitrogens with zero attached hydrogens (tertiary/aromatic N) is 2. The summed E-state index contributed by atoms with van der Waals surface area (Å²) in [7, 11) is -9.43. The number of hydrogen-bond donors (Lipinski definition) is 0. The van der Waals surface area contributed by atoms with Gasteiger partial charge in [0.25, 0.3) is 0 Å². The average Bonchev–Trinajstić information content (AvgIpc) is 2.54. The van der Waals surface area contributed by atoms with E-state index in [1.807, 2.05) is 0 Å². The molecule has 0 saturated heterocycles. The van der Waals surface area contributed by atoms with Crippen molar-refractivity contribution >= 4 is 20.0 Å². The van der Waals surface area contributed by atoms with E-state index in [-0.39, 0.29) is 22.0 Å². The maximum absolute atomic E-state index is 12.3. The Balaban J connectivity index is 2.40. The molecular formula is C13H11F3N2O5S2. The Bertz CT molecular complexity index is 971. The predicted molar refractivity (Wildman–Crippen MR) is 80.8 cm³/mol. The number of alkyl halides is 3. The van der Waals surface area contributed by atoms with Crippen molar-refractivity contribution in [1.82, 2.24) is 9.97 Å². The van der Waals surface area contributed by atoms with Gasteiger partial charge < -0.3 is 4.18 Å². The molecule has 136 valence electrons. The number of halogens is 3. The van der Waals surface area contributed by atoms with Crippen molar-refractivity contribution < 1.29 is 34.2 Å². The molecule has 2 aromatic rings. The van der Waals surface area contributed by atoms with Crippen molar-refractivity contribution in [2.75, 3.05) is 5.75 Å². The van der Waals surface area contributed by atoms with Crippen LogP contribution in [0.1, 0.15) is 6.92 Å². The third kappa shape index (κ3) is 4.07. The van der Waals surface area contributed by atoms with E-state index in [1.54, 1.807) is 0 Å². The highest BCUT2D eigenvalue weighted by Gasteiger charge is 2.48. The number of hydrogen-bond acceptors (Lipinski definition) is 7. The topological polar surface area (TPSA) is 103 Å². The van der Waals surface area contributed by atoms with Gasteiger partial charge in [-0.15, -0.1) is 0 Å². The second-order valence-electron chi connectivity index (χ2n) is 4.62. The van der Waals surface area contributed by atoms with E-state index in [0.29, 0.717) is 0 Å². The largest absolute Gasteiger partial charge is 0.534 e. The molecule has 0 atom stereocenters. The van der Waals surface area contributed by atoms with E-state index in [4.69, 9.17) is 0 Å². The maximum Gasteiger partial charge on any atom is 0.534 e. The van der Waals surface area contributed by atoms with E-state index in [2.05, 4.69) is 14.2 Å². The summed E-state index contributed by atoms with van der Waals surface area (Å²) in [5, 5.41) is 0. The molecule has 0 N–H and O–H groups in total. The number of sulfone groups is 1. The first kappa shape index (κ1) is 19.1. The fourth-order valence-electron chi connectivity index (χ4n) is 1.73. The first-order chi connectivity index (χ1) is 11.5. The minimum Gasteiger partial charge on any atom is -0.374 e. The van der Waals surface area contributed by atoms with Gasteiger partial charge in [-0.2, -0.15) is 21.6 Å². The van der Waals surface area contributed by atoms with Crippen LogP contribution in [0.3, 0.4) is 0 Å². The smallest absolute Gasteiger partial charge is 0.374 e. The van der Waals surface area contributed by atoms with Gasteiger partial charge in [-0.1, -0.05) is 6.92 Å². The van der Waals surface area contributed by atoms with Crippen LogP contribution in [0.15, 0.2) is 41.6 Å². The fourth-order valence-corrected chi connectivity index (χ4v) is 3.23. The lowest BCUT2D eigenvalue weighted by Gasteiger charge is -2.10. The molecule has 0 unspecified atom stereocenters. The van der Waals surface area contributed by atoms with Crippen LogP contribution in [-0.2, 0) is 20.0 Å². The zero-order chi connectivity index (χ0) is 18.9. The van der Waals surface area contributed by atoms with Crippen LogP contribution in [-0.4, -0.2) is 38.1 Å². The minimum atomic E-state index is -5.82. The standard InChI is InChI=1S/C13H11F3N2O5S2/c1-2-24(19,20)11-4-3-7-17-12(11)10-6-5-9(8-18-10)23-25(21,22)13(14,15)16/h3-8H,2H2,1H3. The second-order valence-corrected chi connectivity index (χ2v) is 8.40. The zero-order valence-corrected chi connectivity index (χ0v) is 14.2. The van der Waals surface area contributed by atoms with Crippen molar-refractivity contribution in [3.63, 3.8) is 0 Å². The highest BCUT2D eigenvalue weighted by molar-refractivity contribution is 7.91. The second kappa shape index (κ2) is 6.59. The van der Waals surface area contributed by atoms with E-state index >= 15 is 0 Å². The first-order valence-corrected chi connectivity index (χ1v) is 9.69. The Morgan fingerprint density at radius 3 is 2.28 bits per heavy atom. The summed E-state index contributed by atoms with van der Waals surface area (Å²) in [6, 6.07) is 4.77. The minimum absolute atomic E-state index is 0.00502. The van der Waals surface area contributed by atoms with Gasteiger partial charge in [-0.25, -0.2) is 8.42 Å². The summed E-state index contributed by atoms with van der Waals surface area (Å²) >= 11 is 0. The molecular weight excluding hydrogens is 385 g/mol. The summed E-state index contributed by atoms with van der Waals surface area (Å²) in [5.74, 6) is -0.853. The average molecular weight is 396 g/mol. The molecule has 2 aromatic heterocycles. The van der Waals surface area contributed by atoms with Gasteiger partial charge in [0, 0.05) is 6.20 Å². The van der Waals surface area contributed by atoms with E-state index < -0.39 is 31.2 Å². The number of rotatable bonds is 5. The zero-order valence-electron chi connectivity index (χ0n) is 12.6. The molecule has 0 aromatic carbocycles. The van der Waals surface area contributed by atoms with Crippen LogP contribution in [0.5, 0.6) is 5.75 Å². The Morgan fingerprint density at radius 1 is 1.08 bits per heavy atom. The van der Waals surface area contributed by atoms with Gasteiger partial charge in [0.05, 0.1) is 22.5 Å². The monoisotopic (exact) mass is 396 g/mol. The normalized spacial score (nSPS) is 12.8. The van der Waals surface area contributed by atoms with Crippen LogP contribution in [0.4, 0.5) is 13.2 Å². The molecule has 0 spiro atoms. The van der Waals surface area contributed by atoms with Gasteiger partial charge in [0.15, 0.2) is 15.6 Å². The van der Waals surface area contributed by atoms with Crippen LogP contribution in [0.25, 0.3) is 11.4 Å². The number of aromatic nitrogens is 2. The Kier molecular flexibility index (Phi) is 5.04. The SMILES string of the molecule is CCS(=O)(=O)c1cccnc1-c1ccc(OS(=O)(=O)C(F)(F)F)cn1. The predicted octanol–water partition coefficient (Wildman–Crippen LogP) is 2.17. The summed E-state index contributed by atoms with van der Waals surface area (Å²) in [6.07, 6.45) is 2.06. The van der Waals surface area contributed by atoms with Crippen molar-refractivity contribution in [2.24, 2.45) is 0 Å². The molecule has 2 heterocycles. The van der Waals surface area contributed by atoms with E-state index in [0.717, 1.165) is 18.3 Å². The molecule has 0 aliphatic carbocycles. The van der Waals surface area contributed by atoms with Gasteiger partial charge in [0.2, 0.25) is 0 Å². The molecule has 12 heteroatoms. The molecule has 25 heavy (non-hydrogen) atoms. The van der Waals surface area contributed by atoms with Crippen LogP contribution < -0.4 is 4.18 Å². The lowest BCUT2D eigenvalue weighted by Crippen LogP contribution is -2.28. The molecule has 0 radical (unpaired) electrons. The highest BCUT2D eigenvalue weighted by Crippen LogP contribution is 2.29.